The van der Waals surface area contributed by atoms with Gasteiger partial charge < -0.3 is 20.3 Å². The van der Waals surface area contributed by atoms with Crippen LogP contribution in [0.2, 0.25) is 0 Å². The van der Waals surface area contributed by atoms with E-state index in [2.05, 4.69) is 12.2 Å². The van der Waals surface area contributed by atoms with Crippen molar-refractivity contribution in [2.75, 3.05) is 6.61 Å². The minimum atomic E-state index is -1.23. The molecule has 1 heterocycles. The van der Waals surface area contributed by atoms with Gasteiger partial charge in [0, 0.05) is 6.42 Å². The molecule has 1 fully saturated rings. The van der Waals surface area contributed by atoms with Crippen molar-refractivity contribution in [2.24, 2.45) is 0 Å². The largest absolute Gasteiger partial charge is 0.479 e. The van der Waals surface area contributed by atoms with Gasteiger partial charge in [0.05, 0.1) is 6.61 Å². The van der Waals surface area contributed by atoms with E-state index in [1.165, 1.54) is 58.3 Å². The van der Waals surface area contributed by atoms with E-state index in [-0.39, 0.29) is 11.9 Å². The maximum atomic E-state index is 11.6. The first-order valence-electron chi connectivity index (χ1n) is 10.2. The van der Waals surface area contributed by atoms with E-state index >= 15 is 0 Å². The van der Waals surface area contributed by atoms with Gasteiger partial charge in [-0.05, 0) is 19.8 Å². The van der Waals surface area contributed by atoms with Crippen molar-refractivity contribution >= 4 is 17.8 Å². The fourth-order valence-electron chi connectivity index (χ4n) is 2.65. The maximum absolute atomic E-state index is 11.6. The Kier molecular flexibility index (Phi) is 15.5. The summed E-state index contributed by atoms with van der Waals surface area (Å²) in [5.41, 5.74) is 0. The van der Waals surface area contributed by atoms with Crippen molar-refractivity contribution in [2.45, 2.75) is 103 Å². The summed E-state index contributed by atoms with van der Waals surface area (Å²) in [6.45, 7) is 3.93. The Morgan fingerprint density at radius 3 is 1.96 bits per heavy atom. The number of aliphatic hydroxyl groups is 1. The molecule has 1 unspecified atom stereocenters. The number of carboxylic acids is 1. The highest BCUT2D eigenvalue weighted by Crippen LogP contribution is 2.11. The molecule has 0 aliphatic carbocycles. The monoisotopic (exact) mass is 387 g/mol. The van der Waals surface area contributed by atoms with Gasteiger partial charge in [-0.2, -0.15) is 0 Å². The van der Waals surface area contributed by atoms with Crippen molar-refractivity contribution in [1.29, 1.82) is 0 Å². The van der Waals surface area contributed by atoms with Gasteiger partial charge in [-0.3, -0.25) is 4.79 Å². The molecule has 1 rings (SSSR count). The number of carbonyl (C=O) groups is 3. The smallest absolute Gasteiger partial charge is 0.332 e. The molecule has 0 bridgehead atoms. The molecular weight excluding hydrogens is 350 g/mol. The van der Waals surface area contributed by atoms with Crippen molar-refractivity contribution in [3.05, 3.63) is 0 Å². The number of ether oxygens (including phenoxy) is 1. The van der Waals surface area contributed by atoms with Crippen molar-refractivity contribution < 1.29 is 29.3 Å². The first-order valence-corrected chi connectivity index (χ1v) is 10.2. The molecule has 158 valence electrons. The number of aliphatic carboxylic acids is 1. The average Bonchev–Trinajstić information content (AvgIpc) is 3.06. The van der Waals surface area contributed by atoms with Crippen LogP contribution in [0.15, 0.2) is 0 Å². The highest BCUT2D eigenvalue weighted by atomic mass is 16.5. The standard InChI is InChI=1S/C17H31NO3.C3H6O3/c1-2-3-4-5-6-7-8-9-10-11-14-21-17(20)15-12-13-16(19)18-15;1-2(4)3(5)6/h15H,2-14H2,1H3,(H,18,19);2,4H,1H3,(H,5,6)/t15-;/m0./s1. The summed E-state index contributed by atoms with van der Waals surface area (Å²) in [7, 11) is 0. The second-order valence-corrected chi connectivity index (χ2v) is 7.02. The number of hydrogen-bond acceptors (Lipinski definition) is 5. The van der Waals surface area contributed by atoms with E-state index in [4.69, 9.17) is 14.9 Å². The third-order valence-electron chi connectivity index (χ3n) is 4.38. The first-order chi connectivity index (χ1) is 12.9. The average molecular weight is 388 g/mol. The molecule has 7 nitrogen and oxygen atoms in total. The molecule has 3 N–H and O–H groups in total. The van der Waals surface area contributed by atoms with Crippen molar-refractivity contribution in [3.8, 4) is 0 Å². The van der Waals surface area contributed by atoms with Crippen LogP contribution >= 0.6 is 0 Å². The zero-order valence-corrected chi connectivity index (χ0v) is 16.9. The predicted octanol–water partition coefficient (Wildman–Crippen LogP) is 3.18. The molecule has 1 saturated heterocycles. The maximum Gasteiger partial charge on any atom is 0.332 e. The lowest BCUT2D eigenvalue weighted by atomic mass is 10.1. The van der Waals surface area contributed by atoms with E-state index < -0.39 is 18.1 Å². The third-order valence-corrected chi connectivity index (χ3v) is 4.38. The van der Waals surface area contributed by atoms with E-state index in [1.807, 2.05) is 0 Å². The van der Waals surface area contributed by atoms with E-state index in [9.17, 15) is 14.4 Å². The number of hydrogen-bond donors (Lipinski definition) is 3. The molecule has 0 radical (unpaired) electrons. The topological polar surface area (TPSA) is 113 Å². The van der Waals surface area contributed by atoms with Crippen LogP contribution in [0.4, 0.5) is 0 Å². The van der Waals surface area contributed by atoms with Crippen LogP contribution < -0.4 is 5.32 Å². The van der Waals surface area contributed by atoms with Gasteiger partial charge in [0.15, 0.2) is 0 Å². The van der Waals surface area contributed by atoms with Gasteiger partial charge in [0.2, 0.25) is 5.91 Å². The lowest BCUT2D eigenvalue weighted by Gasteiger charge is -2.09. The van der Waals surface area contributed by atoms with Gasteiger partial charge in [-0.25, -0.2) is 9.59 Å². The summed E-state index contributed by atoms with van der Waals surface area (Å²) in [6.07, 6.45) is 12.5. The minimum absolute atomic E-state index is 0.0455. The molecule has 27 heavy (non-hydrogen) atoms. The summed E-state index contributed by atoms with van der Waals surface area (Å²) in [5.74, 6) is -1.50. The Hall–Kier alpha value is -1.63. The zero-order chi connectivity index (χ0) is 20.5. The van der Waals surface area contributed by atoms with E-state index in [0.29, 0.717) is 19.4 Å². The van der Waals surface area contributed by atoms with E-state index in [1.54, 1.807) is 0 Å². The fraction of sp³-hybridized carbons (Fsp3) is 0.850. The summed E-state index contributed by atoms with van der Waals surface area (Å²) >= 11 is 0. The van der Waals surface area contributed by atoms with Crippen molar-refractivity contribution in [3.63, 3.8) is 0 Å². The molecule has 0 saturated carbocycles. The Labute approximate surface area is 162 Å². The lowest BCUT2D eigenvalue weighted by Crippen LogP contribution is -2.34. The molecule has 2 atom stereocenters. The molecule has 1 amide bonds. The van der Waals surface area contributed by atoms with Crippen LogP contribution in [0.3, 0.4) is 0 Å². The Morgan fingerprint density at radius 2 is 1.56 bits per heavy atom. The van der Waals surface area contributed by atoms with Gasteiger partial charge >= 0.3 is 11.9 Å². The second kappa shape index (κ2) is 16.5. The molecule has 0 aromatic rings. The number of rotatable bonds is 13. The predicted molar refractivity (Wildman–Crippen MR) is 103 cm³/mol. The summed E-state index contributed by atoms with van der Waals surface area (Å²) in [4.78, 5) is 32.1. The minimum Gasteiger partial charge on any atom is -0.479 e. The molecule has 0 aromatic carbocycles. The zero-order valence-electron chi connectivity index (χ0n) is 16.9. The quantitative estimate of drug-likeness (QED) is 0.330. The number of unbranched alkanes of at least 4 members (excludes halogenated alkanes) is 9. The molecular formula is C20H37NO6. The Morgan fingerprint density at radius 1 is 1.07 bits per heavy atom. The third kappa shape index (κ3) is 15.2. The molecule has 0 aromatic heterocycles. The summed E-state index contributed by atoms with van der Waals surface area (Å²) in [6, 6.07) is -0.402. The molecule has 1 aliphatic rings. The van der Waals surface area contributed by atoms with Gasteiger partial charge in [0.25, 0.3) is 0 Å². The van der Waals surface area contributed by atoms with Crippen LogP contribution in [-0.4, -0.2) is 46.8 Å². The van der Waals surface area contributed by atoms with Gasteiger partial charge in [0.1, 0.15) is 12.1 Å². The van der Waals surface area contributed by atoms with Crippen molar-refractivity contribution in [1.82, 2.24) is 5.32 Å². The fourth-order valence-corrected chi connectivity index (χ4v) is 2.65. The van der Waals surface area contributed by atoms with E-state index in [0.717, 1.165) is 12.8 Å². The number of amides is 1. The van der Waals surface area contributed by atoms with Gasteiger partial charge in [-0.15, -0.1) is 0 Å². The van der Waals surface area contributed by atoms with Gasteiger partial charge in [-0.1, -0.05) is 64.7 Å². The first kappa shape index (κ1) is 25.4. The van der Waals surface area contributed by atoms with Crippen LogP contribution in [0, 0.1) is 0 Å². The molecule has 0 spiro atoms. The number of carbonyl (C=O) groups excluding carboxylic acids is 2. The van der Waals surface area contributed by atoms with Crippen LogP contribution in [-0.2, 0) is 19.1 Å². The highest BCUT2D eigenvalue weighted by molar-refractivity contribution is 5.88. The van der Waals surface area contributed by atoms with Crippen LogP contribution in [0.1, 0.15) is 90.9 Å². The van der Waals surface area contributed by atoms with Crippen LogP contribution in [0.25, 0.3) is 0 Å². The lowest BCUT2D eigenvalue weighted by molar-refractivity contribution is -0.146. The molecule has 7 heteroatoms. The number of aliphatic hydroxyl groups excluding tert-OH is 1. The normalized spacial score (nSPS) is 16.9. The number of carboxylic acid groups (broad SMARTS) is 1. The summed E-state index contributed by atoms with van der Waals surface area (Å²) < 4.78 is 5.19. The Balaban J connectivity index is 0.000000972. The highest BCUT2D eigenvalue weighted by Gasteiger charge is 2.28. The summed E-state index contributed by atoms with van der Waals surface area (Å²) in [5, 5.41) is 18.4. The van der Waals surface area contributed by atoms with Crippen LogP contribution in [0.5, 0.6) is 0 Å². The second-order valence-electron chi connectivity index (χ2n) is 7.02. The number of esters is 1. The Bertz CT molecular complexity index is 425. The SMILES string of the molecule is CC(O)C(=O)O.CCCCCCCCCCCCOC(=O)[C@@H]1CCC(=O)N1. The molecule has 1 aliphatic heterocycles. The number of nitrogens with one attached hydrogen (secondary N) is 1.